The Labute approximate surface area is 107 Å². The van der Waals surface area contributed by atoms with Crippen molar-refractivity contribution < 1.29 is 14.6 Å². The fourth-order valence-electron chi connectivity index (χ4n) is 2.52. The number of carbonyl (C=O) groups is 1. The third-order valence-electron chi connectivity index (χ3n) is 3.52. The summed E-state index contributed by atoms with van der Waals surface area (Å²) < 4.78 is 5.32. The minimum absolute atomic E-state index is 0.190. The molecule has 0 aliphatic carbocycles. The first-order valence-corrected chi connectivity index (χ1v) is 6.25. The Hall–Kier alpha value is -1.39. The highest BCUT2D eigenvalue weighted by Crippen LogP contribution is 2.25. The first kappa shape index (κ1) is 13.1. The molecule has 1 aromatic rings. The second-order valence-electron chi connectivity index (χ2n) is 4.64. The number of ether oxygens (including phenoxy) is 1. The molecule has 1 fully saturated rings. The maximum atomic E-state index is 10.8. The number of nitrogens with zero attached hydrogens (tertiary/aromatic N) is 1. The van der Waals surface area contributed by atoms with Gasteiger partial charge in [-0.05, 0) is 37.6 Å². The Kier molecular flexibility index (Phi) is 4.33. The van der Waals surface area contributed by atoms with E-state index in [1.165, 1.54) is 0 Å². The first-order valence-electron chi connectivity index (χ1n) is 6.25. The van der Waals surface area contributed by atoms with E-state index < -0.39 is 0 Å². The Balaban J connectivity index is 2.18. The standard InChI is InChI=1S/C14H19NO3/c1-18-14-5-4-11(9-16)7-12(14)8-15-6-2-3-13(15)10-17/h4-5,7,9,13,17H,2-3,6,8,10H2,1H3. The normalized spacial score (nSPS) is 20.0. The van der Waals surface area contributed by atoms with Gasteiger partial charge in [-0.2, -0.15) is 0 Å². The van der Waals surface area contributed by atoms with E-state index in [-0.39, 0.29) is 12.6 Å². The molecule has 1 saturated heterocycles. The molecule has 1 unspecified atom stereocenters. The van der Waals surface area contributed by atoms with Gasteiger partial charge in [0.1, 0.15) is 12.0 Å². The number of likely N-dealkylation sites (tertiary alicyclic amines) is 1. The van der Waals surface area contributed by atoms with Crippen LogP contribution in [0.4, 0.5) is 0 Å². The van der Waals surface area contributed by atoms with E-state index in [0.29, 0.717) is 5.56 Å². The van der Waals surface area contributed by atoms with Gasteiger partial charge in [-0.15, -0.1) is 0 Å². The van der Waals surface area contributed by atoms with Gasteiger partial charge in [0.2, 0.25) is 0 Å². The van der Waals surface area contributed by atoms with Crippen molar-refractivity contribution >= 4 is 6.29 Å². The molecule has 4 heteroatoms. The van der Waals surface area contributed by atoms with Crippen LogP contribution in [0.15, 0.2) is 18.2 Å². The molecule has 1 atom stereocenters. The maximum Gasteiger partial charge on any atom is 0.150 e. The molecule has 0 radical (unpaired) electrons. The summed E-state index contributed by atoms with van der Waals surface area (Å²) >= 11 is 0. The maximum absolute atomic E-state index is 10.8. The molecule has 0 amide bonds. The van der Waals surface area contributed by atoms with E-state index in [2.05, 4.69) is 4.90 Å². The lowest BCUT2D eigenvalue weighted by Gasteiger charge is -2.23. The average molecular weight is 249 g/mol. The molecule has 1 aliphatic rings. The zero-order valence-electron chi connectivity index (χ0n) is 10.6. The van der Waals surface area contributed by atoms with Gasteiger partial charge in [-0.3, -0.25) is 9.69 Å². The molecule has 1 aliphatic heterocycles. The van der Waals surface area contributed by atoms with E-state index in [1.54, 1.807) is 13.2 Å². The fourth-order valence-corrected chi connectivity index (χ4v) is 2.52. The molecule has 0 saturated carbocycles. The molecule has 0 aromatic heterocycles. The summed E-state index contributed by atoms with van der Waals surface area (Å²) in [6, 6.07) is 5.67. The van der Waals surface area contributed by atoms with E-state index in [0.717, 1.165) is 43.5 Å². The highest BCUT2D eigenvalue weighted by Gasteiger charge is 2.24. The van der Waals surface area contributed by atoms with Gasteiger partial charge < -0.3 is 9.84 Å². The second kappa shape index (κ2) is 5.98. The molecule has 0 spiro atoms. The molecule has 2 rings (SSSR count). The van der Waals surface area contributed by atoms with Crippen molar-refractivity contribution in [2.24, 2.45) is 0 Å². The van der Waals surface area contributed by atoms with E-state index in [9.17, 15) is 9.90 Å². The minimum atomic E-state index is 0.190. The molecule has 1 N–H and O–H groups in total. The van der Waals surface area contributed by atoms with Gasteiger partial charge >= 0.3 is 0 Å². The third-order valence-corrected chi connectivity index (χ3v) is 3.52. The highest BCUT2D eigenvalue weighted by atomic mass is 16.5. The van der Waals surface area contributed by atoms with Crippen molar-refractivity contribution in [3.63, 3.8) is 0 Å². The molecule has 1 heterocycles. The Morgan fingerprint density at radius 3 is 3.06 bits per heavy atom. The third kappa shape index (κ3) is 2.71. The van der Waals surface area contributed by atoms with Crippen LogP contribution in [-0.4, -0.2) is 42.6 Å². The molecule has 4 nitrogen and oxygen atoms in total. The largest absolute Gasteiger partial charge is 0.496 e. The minimum Gasteiger partial charge on any atom is -0.496 e. The van der Waals surface area contributed by atoms with Gasteiger partial charge in [0, 0.05) is 23.7 Å². The zero-order chi connectivity index (χ0) is 13.0. The number of benzene rings is 1. The lowest BCUT2D eigenvalue weighted by Crippen LogP contribution is -2.31. The van der Waals surface area contributed by atoms with Crippen molar-refractivity contribution in [2.45, 2.75) is 25.4 Å². The van der Waals surface area contributed by atoms with Crippen LogP contribution in [0.25, 0.3) is 0 Å². The quantitative estimate of drug-likeness (QED) is 0.803. The van der Waals surface area contributed by atoms with Gasteiger partial charge in [0.05, 0.1) is 13.7 Å². The van der Waals surface area contributed by atoms with Crippen molar-refractivity contribution in [3.8, 4) is 5.75 Å². The van der Waals surface area contributed by atoms with Crippen molar-refractivity contribution in [1.82, 2.24) is 4.90 Å². The predicted molar refractivity (Wildman–Crippen MR) is 68.9 cm³/mol. The second-order valence-corrected chi connectivity index (χ2v) is 4.64. The van der Waals surface area contributed by atoms with Crippen molar-refractivity contribution in [2.75, 3.05) is 20.3 Å². The van der Waals surface area contributed by atoms with Crippen LogP contribution in [0, 0.1) is 0 Å². The lowest BCUT2D eigenvalue weighted by atomic mass is 10.1. The number of aliphatic hydroxyl groups is 1. The number of rotatable bonds is 5. The average Bonchev–Trinajstić information content (AvgIpc) is 2.86. The molecular weight excluding hydrogens is 230 g/mol. The van der Waals surface area contributed by atoms with Crippen LogP contribution in [0.5, 0.6) is 5.75 Å². The van der Waals surface area contributed by atoms with Crippen LogP contribution in [0.2, 0.25) is 0 Å². The molecule has 18 heavy (non-hydrogen) atoms. The van der Waals surface area contributed by atoms with Crippen LogP contribution < -0.4 is 4.74 Å². The van der Waals surface area contributed by atoms with Crippen molar-refractivity contribution in [1.29, 1.82) is 0 Å². The number of aldehydes is 1. The summed E-state index contributed by atoms with van der Waals surface area (Å²) in [5.74, 6) is 0.796. The lowest BCUT2D eigenvalue weighted by molar-refractivity contribution is 0.112. The monoisotopic (exact) mass is 249 g/mol. The van der Waals surface area contributed by atoms with E-state index in [4.69, 9.17) is 4.74 Å². The first-order chi connectivity index (χ1) is 8.78. The SMILES string of the molecule is COc1ccc(C=O)cc1CN1CCCC1CO. The fraction of sp³-hybridized carbons (Fsp3) is 0.500. The number of carbonyl (C=O) groups excluding carboxylic acids is 1. The molecule has 98 valence electrons. The van der Waals surface area contributed by atoms with E-state index in [1.807, 2.05) is 12.1 Å². The van der Waals surface area contributed by atoms with Crippen LogP contribution in [0.3, 0.4) is 0 Å². The zero-order valence-corrected chi connectivity index (χ0v) is 10.6. The van der Waals surface area contributed by atoms with Gasteiger partial charge in [-0.1, -0.05) is 0 Å². The Morgan fingerprint density at radius 2 is 2.39 bits per heavy atom. The van der Waals surface area contributed by atoms with Gasteiger partial charge in [0.15, 0.2) is 0 Å². The van der Waals surface area contributed by atoms with Gasteiger partial charge in [0.25, 0.3) is 0 Å². The molecule has 1 aromatic carbocycles. The number of methoxy groups -OCH3 is 1. The smallest absolute Gasteiger partial charge is 0.150 e. The summed E-state index contributed by atoms with van der Waals surface area (Å²) in [5, 5.41) is 9.31. The topological polar surface area (TPSA) is 49.8 Å². The number of hydrogen-bond acceptors (Lipinski definition) is 4. The Morgan fingerprint density at radius 1 is 1.56 bits per heavy atom. The summed E-state index contributed by atoms with van der Waals surface area (Å²) in [7, 11) is 1.63. The van der Waals surface area contributed by atoms with Crippen molar-refractivity contribution in [3.05, 3.63) is 29.3 Å². The van der Waals surface area contributed by atoms with Crippen LogP contribution in [0.1, 0.15) is 28.8 Å². The van der Waals surface area contributed by atoms with Crippen LogP contribution in [-0.2, 0) is 6.54 Å². The summed E-state index contributed by atoms with van der Waals surface area (Å²) in [4.78, 5) is 13.1. The van der Waals surface area contributed by atoms with Crippen LogP contribution >= 0.6 is 0 Å². The summed E-state index contributed by atoms with van der Waals surface area (Å²) in [6.45, 7) is 1.89. The van der Waals surface area contributed by atoms with Gasteiger partial charge in [-0.25, -0.2) is 0 Å². The number of hydrogen-bond donors (Lipinski definition) is 1. The predicted octanol–water partition coefficient (Wildman–Crippen LogP) is 1.46. The Bertz CT molecular complexity index is 420. The summed E-state index contributed by atoms with van der Waals surface area (Å²) in [6.07, 6.45) is 2.99. The summed E-state index contributed by atoms with van der Waals surface area (Å²) in [5.41, 5.74) is 1.66. The highest BCUT2D eigenvalue weighted by molar-refractivity contribution is 5.75. The van der Waals surface area contributed by atoms with E-state index >= 15 is 0 Å². The number of aliphatic hydroxyl groups excluding tert-OH is 1. The molecule has 0 bridgehead atoms. The molecular formula is C14H19NO3.